The van der Waals surface area contributed by atoms with Gasteiger partial charge < -0.3 is 20.1 Å². The van der Waals surface area contributed by atoms with Crippen LogP contribution in [0.4, 0.5) is 28.0 Å². The molecule has 2 aliphatic rings. The molecule has 2 aromatic carbocycles. The van der Waals surface area contributed by atoms with E-state index in [-0.39, 0.29) is 17.9 Å². The lowest BCUT2D eigenvalue weighted by atomic mass is 10.0. The summed E-state index contributed by atoms with van der Waals surface area (Å²) in [7, 11) is 0. The largest absolute Gasteiger partial charge is 0.484 e. The zero-order valence-electron chi connectivity index (χ0n) is 19.9. The van der Waals surface area contributed by atoms with Crippen LogP contribution in [-0.2, 0) is 11.2 Å². The van der Waals surface area contributed by atoms with E-state index < -0.39 is 61.8 Å². The second-order valence-corrected chi connectivity index (χ2v) is 9.15. The highest BCUT2D eigenvalue weighted by Gasteiger charge is 2.46. The minimum absolute atomic E-state index is 0.0753. The predicted octanol–water partition coefficient (Wildman–Crippen LogP) is 3.02. The summed E-state index contributed by atoms with van der Waals surface area (Å²) in [5.41, 5.74) is 2.20. The predicted molar refractivity (Wildman–Crippen MR) is 127 cm³/mol. The topological polar surface area (TPSA) is 111 Å². The van der Waals surface area contributed by atoms with Crippen LogP contribution in [0.1, 0.15) is 17.2 Å². The Kier molecular flexibility index (Phi) is 6.69. The molecule has 9 nitrogen and oxygen atoms in total. The van der Waals surface area contributed by atoms with Gasteiger partial charge in [-0.1, -0.05) is 0 Å². The number of aliphatic hydroxyl groups is 1. The Balaban J connectivity index is 1.27. The van der Waals surface area contributed by atoms with Gasteiger partial charge in [0, 0.05) is 29.9 Å². The number of nitrogens with one attached hydrogen (secondary N) is 2. The first-order valence-corrected chi connectivity index (χ1v) is 11.7. The van der Waals surface area contributed by atoms with Gasteiger partial charge in [-0.05, 0) is 41.8 Å². The van der Waals surface area contributed by atoms with Crippen LogP contribution in [0.2, 0.25) is 0 Å². The number of hydrogen-bond donors (Lipinski definition) is 3. The molecule has 0 radical (unpaired) electrons. The quantitative estimate of drug-likeness (QED) is 0.405. The summed E-state index contributed by atoms with van der Waals surface area (Å²) in [5.74, 6) is -4.96. The van der Waals surface area contributed by atoms with Crippen LogP contribution in [-0.4, -0.2) is 70.9 Å². The lowest BCUT2D eigenvalue weighted by molar-refractivity contribution is -0.167. The second kappa shape index (κ2) is 9.97. The minimum Gasteiger partial charge on any atom is -0.484 e. The number of likely N-dealkylation sites (tertiary alicyclic amines) is 1. The molecule has 3 N–H and O–H groups in total. The molecule has 1 fully saturated rings. The molecular formula is C25H23F4N5O4. The molecule has 3 heterocycles. The number of rotatable bonds is 7. The lowest BCUT2D eigenvalue weighted by Gasteiger charge is -2.38. The maximum atomic E-state index is 14.8. The smallest absolute Gasteiger partial charge is 0.322 e. The molecule has 3 amide bonds. The van der Waals surface area contributed by atoms with E-state index in [9.17, 15) is 32.3 Å². The van der Waals surface area contributed by atoms with E-state index in [1.807, 2.05) is 0 Å². The van der Waals surface area contributed by atoms with Gasteiger partial charge in [0.05, 0.1) is 37.6 Å². The average Bonchev–Trinajstić information content (AvgIpc) is 3.53. The fraction of sp³-hybridized carbons (Fsp3) is 0.320. The number of anilines is 1. The maximum Gasteiger partial charge on any atom is 0.322 e. The highest BCUT2D eigenvalue weighted by atomic mass is 19.3. The zero-order chi connectivity index (χ0) is 27.0. The van der Waals surface area contributed by atoms with E-state index in [0.717, 1.165) is 22.6 Å². The molecule has 13 heteroatoms. The summed E-state index contributed by atoms with van der Waals surface area (Å²) in [6.07, 6.45) is 3.53. The molecule has 0 spiro atoms. The number of carbonyl (C=O) groups excluding carboxylic acids is 2. The molecular weight excluding hydrogens is 510 g/mol. The molecule has 0 aliphatic carbocycles. The van der Waals surface area contributed by atoms with E-state index in [2.05, 4.69) is 15.5 Å². The van der Waals surface area contributed by atoms with Crippen LogP contribution in [0.25, 0.3) is 11.1 Å². The third-order valence-electron chi connectivity index (χ3n) is 6.45. The van der Waals surface area contributed by atoms with Crippen molar-refractivity contribution in [3.8, 4) is 16.9 Å². The number of carbonyl (C=O) groups is 2. The average molecular weight is 533 g/mol. The van der Waals surface area contributed by atoms with Crippen molar-refractivity contribution in [2.45, 2.75) is 18.4 Å². The second-order valence-electron chi connectivity index (χ2n) is 9.15. The van der Waals surface area contributed by atoms with Crippen molar-refractivity contribution in [2.24, 2.45) is 0 Å². The van der Waals surface area contributed by atoms with E-state index in [4.69, 9.17) is 4.74 Å². The van der Waals surface area contributed by atoms with Crippen molar-refractivity contribution in [1.29, 1.82) is 0 Å². The maximum absolute atomic E-state index is 14.8. The van der Waals surface area contributed by atoms with Crippen LogP contribution < -0.4 is 15.0 Å². The standard InChI is InChI=1S/C25H23F4N5O4/c26-17-3-15(4-18(6-17)38-11-23(36)33-12-25(28,29)13-33)21(10-35)32-24(37)34-2-1-14-5-19(16-8-30-31-9-16)20(27)7-22(14)34/h3-9,21,35H,1-2,10-13H2,(H,30,31)(H,32,37). The summed E-state index contributed by atoms with van der Waals surface area (Å²) >= 11 is 0. The molecule has 1 atom stereocenters. The van der Waals surface area contributed by atoms with Crippen molar-refractivity contribution in [3.05, 3.63) is 65.5 Å². The first kappa shape index (κ1) is 25.5. The van der Waals surface area contributed by atoms with Crippen LogP contribution in [0, 0.1) is 11.6 Å². The third kappa shape index (κ3) is 5.14. The van der Waals surface area contributed by atoms with Crippen molar-refractivity contribution in [1.82, 2.24) is 20.4 Å². The number of ether oxygens (including phenoxy) is 1. The molecule has 1 unspecified atom stereocenters. The molecule has 1 saturated heterocycles. The number of amides is 3. The Bertz CT molecular complexity index is 1360. The number of hydrogen-bond acceptors (Lipinski definition) is 5. The normalized spacial score (nSPS) is 16.6. The number of aromatic amines is 1. The Morgan fingerprint density at radius 2 is 1.97 bits per heavy atom. The number of nitrogens with zero attached hydrogens (tertiary/aromatic N) is 3. The van der Waals surface area contributed by atoms with Crippen molar-refractivity contribution >= 4 is 17.6 Å². The van der Waals surface area contributed by atoms with Gasteiger partial charge in [0.1, 0.15) is 17.4 Å². The molecule has 0 saturated carbocycles. The first-order chi connectivity index (χ1) is 18.1. The number of fused-ring (bicyclic) bond motifs is 1. The lowest BCUT2D eigenvalue weighted by Crippen LogP contribution is -2.59. The van der Waals surface area contributed by atoms with Crippen molar-refractivity contribution in [3.63, 3.8) is 0 Å². The minimum atomic E-state index is -2.92. The molecule has 3 aromatic rings. The van der Waals surface area contributed by atoms with Gasteiger partial charge in [0.15, 0.2) is 6.61 Å². The molecule has 1 aromatic heterocycles. The van der Waals surface area contributed by atoms with Crippen LogP contribution in [0.15, 0.2) is 42.7 Å². The highest BCUT2D eigenvalue weighted by Crippen LogP contribution is 2.35. The third-order valence-corrected chi connectivity index (χ3v) is 6.45. The summed E-state index contributed by atoms with van der Waals surface area (Å²) in [6.45, 7) is -2.30. The van der Waals surface area contributed by atoms with Crippen LogP contribution in [0.3, 0.4) is 0 Å². The molecule has 38 heavy (non-hydrogen) atoms. The van der Waals surface area contributed by atoms with E-state index in [1.165, 1.54) is 23.2 Å². The SMILES string of the molecule is O=C(COc1cc(F)cc(C(CO)NC(=O)N2CCc3cc(-c4cn[nH]c4)c(F)cc32)c1)N1CC(F)(F)C1. The highest BCUT2D eigenvalue weighted by molar-refractivity contribution is 5.95. The van der Waals surface area contributed by atoms with Crippen LogP contribution >= 0.6 is 0 Å². The van der Waals surface area contributed by atoms with Crippen molar-refractivity contribution < 1.29 is 37.0 Å². The van der Waals surface area contributed by atoms with E-state index in [1.54, 1.807) is 12.3 Å². The Morgan fingerprint density at radius 3 is 2.66 bits per heavy atom. The van der Waals surface area contributed by atoms with Gasteiger partial charge in [-0.15, -0.1) is 0 Å². The van der Waals surface area contributed by atoms with E-state index in [0.29, 0.717) is 23.2 Å². The number of aromatic nitrogens is 2. The zero-order valence-corrected chi connectivity index (χ0v) is 19.9. The van der Waals surface area contributed by atoms with Gasteiger partial charge in [-0.2, -0.15) is 5.10 Å². The van der Waals surface area contributed by atoms with Crippen LogP contribution in [0.5, 0.6) is 5.75 Å². The summed E-state index contributed by atoms with van der Waals surface area (Å²) in [6, 6.07) is 4.65. The number of H-pyrrole nitrogens is 1. The van der Waals surface area contributed by atoms with Gasteiger partial charge in [0.2, 0.25) is 0 Å². The van der Waals surface area contributed by atoms with Gasteiger partial charge in [-0.3, -0.25) is 14.8 Å². The van der Waals surface area contributed by atoms with Gasteiger partial charge in [-0.25, -0.2) is 22.4 Å². The fourth-order valence-electron chi connectivity index (χ4n) is 4.50. The fourth-order valence-corrected chi connectivity index (χ4v) is 4.50. The Morgan fingerprint density at radius 1 is 1.18 bits per heavy atom. The number of alkyl halides is 2. The Labute approximate surface area is 214 Å². The molecule has 5 rings (SSSR count). The van der Waals surface area contributed by atoms with E-state index >= 15 is 0 Å². The molecule has 200 valence electrons. The van der Waals surface area contributed by atoms with Gasteiger partial charge >= 0.3 is 6.03 Å². The summed E-state index contributed by atoms with van der Waals surface area (Å²) in [4.78, 5) is 27.3. The number of aliphatic hydroxyl groups excluding tert-OH is 1. The van der Waals surface area contributed by atoms with Gasteiger partial charge in [0.25, 0.3) is 11.8 Å². The van der Waals surface area contributed by atoms with Crippen molar-refractivity contribution in [2.75, 3.05) is 37.7 Å². The molecule has 0 bridgehead atoms. The molecule has 2 aliphatic heterocycles. The first-order valence-electron chi connectivity index (χ1n) is 11.7. The number of halogens is 4. The monoisotopic (exact) mass is 533 g/mol. The number of urea groups is 1. The Hall–Kier alpha value is -4.13. The summed E-state index contributed by atoms with van der Waals surface area (Å²) < 4.78 is 60.3. The number of benzene rings is 2. The summed E-state index contributed by atoms with van der Waals surface area (Å²) in [5, 5.41) is 19.0.